The van der Waals surface area contributed by atoms with Crippen LogP contribution in [-0.4, -0.2) is 0 Å². The van der Waals surface area contributed by atoms with Crippen LogP contribution in [-0.2, 0) is 0 Å². The van der Waals surface area contributed by atoms with Crippen LogP contribution in [0, 0.1) is 11.8 Å². The zero-order valence-corrected chi connectivity index (χ0v) is 9.84. The van der Waals surface area contributed by atoms with Gasteiger partial charge in [0.25, 0.3) is 0 Å². The van der Waals surface area contributed by atoms with Crippen LogP contribution in [0.25, 0.3) is 0 Å². The van der Waals surface area contributed by atoms with Crippen molar-refractivity contribution in [3.05, 3.63) is 34.3 Å². The van der Waals surface area contributed by atoms with Crippen molar-refractivity contribution in [1.29, 1.82) is 0 Å². The molecule has 1 rings (SSSR count). The molecule has 0 radical (unpaired) electrons. The predicted octanol–water partition coefficient (Wildman–Crippen LogP) is 3.25. The fourth-order valence-corrected chi connectivity index (χ4v) is 1.67. The number of halogens is 1. The van der Waals surface area contributed by atoms with E-state index in [-0.39, 0.29) is 6.04 Å². The number of benzene rings is 1. The fourth-order valence-electron chi connectivity index (χ4n) is 1.26. The Hall–Kier alpha value is -0.780. The summed E-state index contributed by atoms with van der Waals surface area (Å²) in [6.07, 6.45) is 1.78. The lowest BCUT2D eigenvalue weighted by Gasteiger charge is -2.10. The Morgan fingerprint density at radius 3 is 2.93 bits per heavy atom. The highest BCUT2D eigenvalue weighted by molar-refractivity contribution is 9.10. The molecule has 1 aromatic rings. The smallest absolute Gasteiger partial charge is 0.0304 e. The van der Waals surface area contributed by atoms with Crippen molar-refractivity contribution < 1.29 is 0 Å². The van der Waals surface area contributed by atoms with Gasteiger partial charge in [-0.05, 0) is 31.0 Å². The molecule has 1 unspecified atom stereocenters. The van der Waals surface area contributed by atoms with Crippen molar-refractivity contribution in [3.63, 3.8) is 0 Å². The topological polar surface area (TPSA) is 26.0 Å². The van der Waals surface area contributed by atoms with Crippen LogP contribution >= 0.6 is 15.9 Å². The number of hydrogen-bond acceptors (Lipinski definition) is 1. The van der Waals surface area contributed by atoms with E-state index in [0.29, 0.717) is 0 Å². The van der Waals surface area contributed by atoms with Crippen molar-refractivity contribution in [2.75, 3.05) is 0 Å². The SMILES string of the molecule is CC#CCCC(N)c1cccc(Br)c1. The standard InChI is InChI=1S/C12H14BrN/c1-2-3-4-8-12(14)10-6-5-7-11(13)9-10/h5-7,9,12H,4,8,14H2,1H3. The van der Waals surface area contributed by atoms with Crippen LogP contribution in [0.4, 0.5) is 0 Å². The van der Waals surface area contributed by atoms with E-state index in [1.54, 1.807) is 0 Å². The van der Waals surface area contributed by atoms with E-state index >= 15 is 0 Å². The molecule has 0 aliphatic carbocycles. The molecule has 0 saturated carbocycles. The third-order valence-electron chi connectivity index (χ3n) is 2.03. The maximum Gasteiger partial charge on any atom is 0.0304 e. The highest BCUT2D eigenvalue weighted by Gasteiger charge is 2.04. The monoisotopic (exact) mass is 251 g/mol. The van der Waals surface area contributed by atoms with Gasteiger partial charge in [-0.25, -0.2) is 0 Å². The molecule has 1 atom stereocenters. The average molecular weight is 252 g/mol. The number of rotatable bonds is 3. The second-order valence-corrected chi connectivity index (χ2v) is 4.04. The minimum Gasteiger partial charge on any atom is -0.324 e. The Labute approximate surface area is 93.8 Å². The van der Waals surface area contributed by atoms with Crippen LogP contribution in [0.5, 0.6) is 0 Å². The Morgan fingerprint density at radius 2 is 2.29 bits per heavy atom. The molecule has 0 bridgehead atoms. The summed E-state index contributed by atoms with van der Waals surface area (Å²) in [5.41, 5.74) is 7.18. The minimum atomic E-state index is 0.0911. The van der Waals surface area contributed by atoms with Gasteiger partial charge in [0, 0.05) is 16.9 Å². The van der Waals surface area contributed by atoms with Gasteiger partial charge >= 0.3 is 0 Å². The first-order valence-corrected chi connectivity index (χ1v) is 5.44. The van der Waals surface area contributed by atoms with Gasteiger partial charge in [0.1, 0.15) is 0 Å². The van der Waals surface area contributed by atoms with Crippen molar-refractivity contribution in [2.45, 2.75) is 25.8 Å². The van der Waals surface area contributed by atoms with E-state index in [9.17, 15) is 0 Å². The lowest BCUT2D eigenvalue weighted by molar-refractivity contribution is 0.667. The number of hydrogen-bond donors (Lipinski definition) is 1. The molecule has 0 spiro atoms. The Balaban J connectivity index is 2.58. The van der Waals surface area contributed by atoms with Gasteiger partial charge in [-0.3, -0.25) is 0 Å². The van der Waals surface area contributed by atoms with Crippen LogP contribution in [0.1, 0.15) is 31.4 Å². The first kappa shape index (κ1) is 11.3. The van der Waals surface area contributed by atoms with Gasteiger partial charge in [0.2, 0.25) is 0 Å². The summed E-state index contributed by atoms with van der Waals surface area (Å²) < 4.78 is 1.08. The van der Waals surface area contributed by atoms with Gasteiger partial charge in [-0.1, -0.05) is 28.1 Å². The van der Waals surface area contributed by atoms with Crippen molar-refractivity contribution >= 4 is 15.9 Å². The zero-order chi connectivity index (χ0) is 10.4. The molecular weight excluding hydrogens is 238 g/mol. The van der Waals surface area contributed by atoms with Crippen LogP contribution in [0.2, 0.25) is 0 Å². The van der Waals surface area contributed by atoms with Crippen molar-refractivity contribution in [3.8, 4) is 11.8 Å². The minimum absolute atomic E-state index is 0.0911. The molecule has 0 aromatic heterocycles. The van der Waals surface area contributed by atoms with E-state index in [2.05, 4.69) is 39.9 Å². The highest BCUT2D eigenvalue weighted by atomic mass is 79.9. The quantitative estimate of drug-likeness (QED) is 0.821. The van der Waals surface area contributed by atoms with E-state index in [0.717, 1.165) is 22.9 Å². The fraction of sp³-hybridized carbons (Fsp3) is 0.333. The predicted molar refractivity (Wildman–Crippen MR) is 63.8 cm³/mol. The first-order valence-electron chi connectivity index (χ1n) is 4.64. The molecule has 0 amide bonds. The second-order valence-electron chi connectivity index (χ2n) is 3.13. The number of nitrogens with two attached hydrogens (primary N) is 1. The van der Waals surface area contributed by atoms with Gasteiger partial charge in [0.15, 0.2) is 0 Å². The second kappa shape index (κ2) is 5.85. The Kier molecular flexibility index (Phi) is 4.72. The summed E-state index contributed by atoms with van der Waals surface area (Å²) >= 11 is 3.43. The first-order chi connectivity index (χ1) is 6.74. The molecule has 1 aromatic carbocycles. The van der Waals surface area contributed by atoms with Gasteiger partial charge < -0.3 is 5.73 Å². The molecule has 0 heterocycles. The van der Waals surface area contributed by atoms with Crippen LogP contribution in [0.15, 0.2) is 28.7 Å². The van der Waals surface area contributed by atoms with Crippen LogP contribution in [0.3, 0.4) is 0 Å². The molecule has 0 fully saturated rings. The summed E-state index contributed by atoms with van der Waals surface area (Å²) in [7, 11) is 0. The maximum atomic E-state index is 6.02. The third-order valence-corrected chi connectivity index (χ3v) is 2.53. The summed E-state index contributed by atoms with van der Waals surface area (Å²) in [6.45, 7) is 1.85. The largest absolute Gasteiger partial charge is 0.324 e. The molecule has 1 nitrogen and oxygen atoms in total. The highest BCUT2D eigenvalue weighted by Crippen LogP contribution is 2.19. The average Bonchev–Trinajstić information content (AvgIpc) is 2.18. The lowest BCUT2D eigenvalue weighted by atomic mass is 10.0. The van der Waals surface area contributed by atoms with E-state index in [1.165, 1.54) is 0 Å². The van der Waals surface area contributed by atoms with Gasteiger partial charge in [0.05, 0.1) is 0 Å². The van der Waals surface area contributed by atoms with Crippen LogP contribution < -0.4 is 5.73 Å². The molecule has 0 aliphatic rings. The maximum absolute atomic E-state index is 6.02. The van der Waals surface area contributed by atoms with Gasteiger partial charge in [-0.2, -0.15) is 0 Å². The molecule has 14 heavy (non-hydrogen) atoms. The molecule has 0 saturated heterocycles. The Morgan fingerprint density at radius 1 is 1.50 bits per heavy atom. The summed E-state index contributed by atoms with van der Waals surface area (Å²) in [6, 6.07) is 8.21. The van der Waals surface area contributed by atoms with E-state index < -0.39 is 0 Å². The molecule has 2 heteroatoms. The van der Waals surface area contributed by atoms with Crippen molar-refractivity contribution in [1.82, 2.24) is 0 Å². The van der Waals surface area contributed by atoms with E-state index in [1.807, 2.05) is 19.1 Å². The molecular formula is C12H14BrN. The van der Waals surface area contributed by atoms with E-state index in [4.69, 9.17) is 5.73 Å². The molecule has 2 N–H and O–H groups in total. The van der Waals surface area contributed by atoms with Gasteiger partial charge in [-0.15, -0.1) is 11.8 Å². The Bertz CT molecular complexity index is 349. The summed E-state index contributed by atoms with van der Waals surface area (Å²) in [4.78, 5) is 0. The summed E-state index contributed by atoms with van der Waals surface area (Å²) in [5, 5.41) is 0. The lowest BCUT2D eigenvalue weighted by Crippen LogP contribution is -2.09. The normalized spacial score (nSPS) is 11.6. The molecule has 74 valence electrons. The van der Waals surface area contributed by atoms with Crippen molar-refractivity contribution in [2.24, 2.45) is 5.73 Å². The third kappa shape index (κ3) is 3.53. The molecule has 0 aliphatic heterocycles. The zero-order valence-electron chi connectivity index (χ0n) is 8.26. The summed E-state index contributed by atoms with van der Waals surface area (Å²) in [5.74, 6) is 5.89.